The van der Waals surface area contributed by atoms with Crippen LogP contribution in [0.1, 0.15) is 56.1 Å². The minimum atomic E-state index is -2.63. The smallest absolute Gasteiger partial charge is 0.463 e. The van der Waals surface area contributed by atoms with Gasteiger partial charge in [0, 0.05) is 4.57 Å². The number of hydrogen-bond acceptors (Lipinski definition) is 4. The van der Waals surface area contributed by atoms with E-state index in [4.69, 9.17) is 9.63 Å². The third kappa shape index (κ3) is 3.02. The Labute approximate surface area is 149 Å². The Morgan fingerprint density at radius 1 is 1.28 bits per heavy atom. The van der Waals surface area contributed by atoms with Crippen LogP contribution in [0.4, 0.5) is 0 Å². The molecule has 0 aromatic heterocycles. The highest BCUT2D eigenvalue weighted by atomic mass is 31.1. The summed E-state index contributed by atoms with van der Waals surface area (Å²) in [6, 6.07) is 6.15. The van der Waals surface area contributed by atoms with Gasteiger partial charge in [0.15, 0.2) is 0 Å². The summed E-state index contributed by atoms with van der Waals surface area (Å²) < 4.78 is 20.5. The molecule has 1 aromatic rings. The maximum absolute atomic E-state index is 10.5. The molecule has 4 rings (SSSR count). The summed E-state index contributed by atoms with van der Waals surface area (Å²) in [5, 5.41) is 10.5. The Kier molecular flexibility index (Phi) is 4.61. The molecule has 6 unspecified atom stereocenters. The lowest BCUT2D eigenvalue weighted by Gasteiger charge is -2.50. The van der Waals surface area contributed by atoms with E-state index in [1.54, 1.807) is 0 Å². The van der Waals surface area contributed by atoms with E-state index >= 15 is 0 Å². The van der Waals surface area contributed by atoms with Crippen LogP contribution in [0.15, 0.2) is 18.2 Å². The molecule has 5 nitrogen and oxygen atoms in total. The minimum Gasteiger partial charge on any atom is -0.463 e. The molecule has 0 aliphatic heterocycles. The first-order chi connectivity index (χ1) is 12.0. The van der Waals surface area contributed by atoms with Crippen LogP contribution >= 0.6 is 8.25 Å². The van der Waals surface area contributed by atoms with Crippen molar-refractivity contribution in [1.29, 1.82) is 0 Å². The predicted octanol–water partition coefficient (Wildman–Crippen LogP) is 3.91. The molecule has 6 atom stereocenters. The van der Waals surface area contributed by atoms with Gasteiger partial charge in [0.05, 0.1) is 6.10 Å². The molecule has 2 saturated carbocycles. The van der Waals surface area contributed by atoms with Gasteiger partial charge in [0.2, 0.25) is 6.79 Å². The predicted molar refractivity (Wildman–Crippen MR) is 93.5 cm³/mol. The van der Waals surface area contributed by atoms with Crippen LogP contribution in [0.3, 0.4) is 0 Å². The molecular weight excluding hydrogens is 339 g/mol. The number of aliphatic hydroxyl groups is 1. The monoisotopic (exact) mass is 365 g/mol. The van der Waals surface area contributed by atoms with Gasteiger partial charge in [-0.3, -0.25) is 0 Å². The molecule has 25 heavy (non-hydrogen) atoms. The van der Waals surface area contributed by atoms with Crippen LogP contribution < -0.4 is 4.74 Å². The minimum absolute atomic E-state index is 0.111. The maximum atomic E-state index is 10.5. The number of ether oxygens (including phenoxy) is 1. The van der Waals surface area contributed by atoms with Crippen molar-refractivity contribution in [3.8, 4) is 5.75 Å². The molecule has 0 saturated heterocycles. The summed E-state index contributed by atoms with van der Waals surface area (Å²) in [4.78, 5) is 8.66. The molecule has 0 heterocycles. The highest BCUT2D eigenvalue weighted by Gasteiger charge is 2.54. The molecule has 136 valence electrons. The highest BCUT2D eigenvalue weighted by Crippen LogP contribution is 2.60. The van der Waals surface area contributed by atoms with Gasteiger partial charge in [0.25, 0.3) is 0 Å². The van der Waals surface area contributed by atoms with Gasteiger partial charge in [-0.1, -0.05) is 17.5 Å². The third-order valence-corrected chi connectivity index (χ3v) is 7.36. The van der Waals surface area contributed by atoms with Gasteiger partial charge < -0.3 is 9.84 Å². The van der Waals surface area contributed by atoms with E-state index in [1.165, 1.54) is 17.5 Å². The van der Waals surface area contributed by atoms with Crippen molar-refractivity contribution in [1.82, 2.24) is 0 Å². The van der Waals surface area contributed by atoms with E-state index in [-0.39, 0.29) is 18.3 Å². The quantitative estimate of drug-likeness (QED) is 0.625. The zero-order valence-corrected chi connectivity index (χ0v) is 15.5. The van der Waals surface area contributed by atoms with Gasteiger partial charge in [-0.2, -0.15) is 0 Å². The summed E-state index contributed by atoms with van der Waals surface area (Å²) in [5.41, 5.74) is 2.87. The molecular formula is C19H26O5P+. The van der Waals surface area contributed by atoms with E-state index in [0.717, 1.165) is 32.1 Å². The third-order valence-electron chi connectivity index (χ3n) is 7.04. The van der Waals surface area contributed by atoms with Crippen LogP contribution in [-0.2, 0) is 15.5 Å². The Morgan fingerprint density at radius 3 is 2.92 bits per heavy atom. The lowest BCUT2D eigenvalue weighted by molar-refractivity contribution is -0.0226. The number of rotatable bonds is 4. The Hall–Kier alpha value is -1.00. The van der Waals surface area contributed by atoms with Crippen LogP contribution in [0.5, 0.6) is 5.75 Å². The van der Waals surface area contributed by atoms with Crippen molar-refractivity contribution >= 4 is 8.25 Å². The first-order valence-electron chi connectivity index (χ1n) is 9.22. The number of fused-ring (bicyclic) bond motifs is 5. The molecule has 0 amide bonds. The molecule has 0 bridgehead atoms. The van der Waals surface area contributed by atoms with Crippen LogP contribution in [0, 0.1) is 17.3 Å². The Balaban J connectivity index is 1.52. The molecule has 2 fully saturated rings. The summed E-state index contributed by atoms with van der Waals surface area (Å²) >= 11 is 0. The largest absolute Gasteiger partial charge is 0.698 e. The number of hydrogen-bond donors (Lipinski definition) is 2. The average Bonchev–Trinajstić information content (AvgIpc) is 2.89. The van der Waals surface area contributed by atoms with E-state index in [9.17, 15) is 9.67 Å². The first-order valence-corrected chi connectivity index (χ1v) is 10.3. The van der Waals surface area contributed by atoms with Crippen LogP contribution in [0.25, 0.3) is 0 Å². The summed E-state index contributed by atoms with van der Waals surface area (Å²) in [6.45, 7) is 2.08. The van der Waals surface area contributed by atoms with E-state index in [0.29, 0.717) is 23.5 Å². The number of benzene rings is 1. The zero-order valence-electron chi connectivity index (χ0n) is 14.6. The summed E-state index contributed by atoms with van der Waals surface area (Å²) in [7, 11) is -2.63. The van der Waals surface area contributed by atoms with Crippen molar-refractivity contribution in [2.24, 2.45) is 17.3 Å². The lowest BCUT2D eigenvalue weighted by atomic mass is 9.55. The second kappa shape index (κ2) is 6.62. The normalized spacial score (nSPS) is 37.0. The standard InChI is InChI=1S/C19H25O5P/c1-19-9-8-15-14-5-3-13(23-11-24-25(21)22)10-12(14)2-4-16(15)17(19)6-7-18(19)20/h3,5,10,15-18,20H,2,4,6-9,11H2,1H3/p+1. The average molecular weight is 365 g/mol. The van der Waals surface area contributed by atoms with Gasteiger partial charge in [-0.05, 0) is 85.0 Å². The molecule has 0 radical (unpaired) electrons. The molecule has 0 spiro atoms. The fourth-order valence-corrected chi connectivity index (χ4v) is 5.90. The van der Waals surface area contributed by atoms with Crippen molar-refractivity contribution in [2.75, 3.05) is 6.79 Å². The molecule has 3 aliphatic carbocycles. The number of aliphatic hydroxyl groups excluding tert-OH is 1. The Morgan fingerprint density at radius 2 is 2.12 bits per heavy atom. The maximum Gasteiger partial charge on any atom is 0.698 e. The van der Waals surface area contributed by atoms with Crippen LogP contribution in [-0.4, -0.2) is 22.9 Å². The van der Waals surface area contributed by atoms with Gasteiger partial charge in [-0.15, -0.1) is 4.89 Å². The second-order valence-corrected chi connectivity index (χ2v) is 8.78. The van der Waals surface area contributed by atoms with E-state index in [2.05, 4.69) is 23.6 Å². The van der Waals surface area contributed by atoms with Gasteiger partial charge in [0.1, 0.15) is 5.75 Å². The topological polar surface area (TPSA) is 76.0 Å². The first kappa shape index (κ1) is 17.4. The van der Waals surface area contributed by atoms with E-state index in [1.807, 2.05) is 6.07 Å². The van der Waals surface area contributed by atoms with Gasteiger partial charge >= 0.3 is 8.25 Å². The Bertz CT molecular complexity index is 678. The van der Waals surface area contributed by atoms with Crippen molar-refractivity contribution in [3.05, 3.63) is 29.3 Å². The van der Waals surface area contributed by atoms with Crippen LogP contribution in [0.2, 0.25) is 0 Å². The molecule has 3 aliphatic rings. The summed E-state index contributed by atoms with van der Waals surface area (Å²) in [6.07, 6.45) is 6.45. The van der Waals surface area contributed by atoms with Crippen molar-refractivity contribution < 1.29 is 23.8 Å². The fraction of sp³-hybridized carbons (Fsp3) is 0.684. The second-order valence-electron chi connectivity index (χ2n) is 8.04. The molecule has 1 aromatic carbocycles. The highest BCUT2D eigenvalue weighted by molar-refractivity contribution is 7.32. The van der Waals surface area contributed by atoms with Gasteiger partial charge in [-0.25, -0.2) is 0 Å². The molecule has 2 N–H and O–H groups in total. The fourth-order valence-electron chi connectivity index (χ4n) is 5.76. The summed E-state index contributed by atoms with van der Waals surface area (Å²) in [5.74, 6) is 2.59. The van der Waals surface area contributed by atoms with Crippen molar-refractivity contribution in [3.63, 3.8) is 0 Å². The van der Waals surface area contributed by atoms with Crippen molar-refractivity contribution in [2.45, 2.75) is 57.5 Å². The molecule has 6 heteroatoms. The lowest BCUT2D eigenvalue weighted by Crippen LogP contribution is -2.43. The van der Waals surface area contributed by atoms with E-state index < -0.39 is 8.25 Å². The SMILES string of the molecule is CC12CCC3c4ccc(OCO[P+](=O)O)cc4CCC3C1CCC2O. The number of aryl methyl sites for hydroxylation is 1. The zero-order chi connectivity index (χ0) is 17.6.